The molecule has 3 atom stereocenters. The van der Waals surface area contributed by atoms with Crippen molar-refractivity contribution < 1.29 is 9.57 Å². The van der Waals surface area contributed by atoms with Crippen LogP contribution in [0.2, 0.25) is 0 Å². The number of fused-ring (bicyclic) bond motifs is 3. The van der Waals surface area contributed by atoms with Crippen molar-refractivity contribution in [3.05, 3.63) is 65.2 Å². The highest BCUT2D eigenvalue weighted by Crippen LogP contribution is 2.55. The fourth-order valence-corrected chi connectivity index (χ4v) is 5.12. The number of nitrogens with zero attached hydrogens (tertiary/aromatic N) is 2. The van der Waals surface area contributed by atoms with Crippen molar-refractivity contribution in [2.75, 3.05) is 20.2 Å². The molecule has 1 aliphatic carbocycles. The molecule has 2 aliphatic heterocycles. The van der Waals surface area contributed by atoms with E-state index in [9.17, 15) is 0 Å². The van der Waals surface area contributed by atoms with Gasteiger partial charge in [-0.2, -0.15) is 0 Å². The third-order valence-corrected chi connectivity index (χ3v) is 6.31. The van der Waals surface area contributed by atoms with Crippen LogP contribution in [0, 0.1) is 0 Å². The maximum absolute atomic E-state index is 6.13. The Balaban J connectivity index is 1.70. The van der Waals surface area contributed by atoms with E-state index in [4.69, 9.17) is 9.57 Å². The van der Waals surface area contributed by atoms with Gasteiger partial charge < -0.3 is 9.57 Å². The van der Waals surface area contributed by atoms with Crippen molar-refractivity contribution in [3.63, 3.8) is 0 Å². The SMILES string of the molecule is COc1ccc(C2=NO[C@@H]3[C@@H](C)c4ccccc4[C@]23N2CCCC2)cc1. The molecule has 0 bridgehead atoms. The highest BCUT2D eigenvalue weighted by molar-refractivity contribution is 6.10. The summed E-state index contributed by atoms with van der Waals surface area (Å²) in [5.41, 5.74) is 4.64. The van der Waals surface area contributed by atoms with Gasteiger partial charge in [-0.15, -0.1) is 0 Å². The molecule has 4 nitrogen and oxygen atoms in total. The van der Waals surface area contributed by atoms with Crippen LogP contribution in [0.3, 0.4) is 0 Å². The van der Waals surface area contributed by atoms with E-state index in [1.807, 2.05) is 12.1 Å². The van der Waals surface area contributed by atoms with Crippen LogP contribution in [-0.2, 0) is 10.4 Å². The Labute approximate surface area is 154 Å². The fourth-order valence-electron chi connectivity index (χ4n) is 5.12. The lowest BCUT2D eigenvalue weighted by Crippen LogP contribution is -2.54. The number of methoxy groups -OCH3 is 1. The van der Waals surface area contributed by atoms with Crippen LogP contribution >= 0.6 is 0 Å². The van der Waals surface area contributed by atoms with Gasteiger partial charge in [0.15, 0.2) is 6.10 Å². The minimum atomic E-state index is -0.277. The van der Waals surface area contributed by atoms with E-state index < -0.39 is 0 Å². The molecule has 2 heterocycles. The van der Waals surface area contributed by atoms with E-state index in [-0.39, 0.29) is 11.6 Å². The molecule has 0 amide bonds. The minimum absolute atomic E-state index is 0.0371. The number of hydrogen-bond donors (Lipinski definition) is 0. The van der Waals surface area contributed by atoms with Gasteiger partial charge in [0.2, 0.25) is 0 Å². The van der Waals surface area contributed by atoms with Gasteiger partial charge in [-0.05, 0) is 61.3 Å². The molecular formula is C22H24N2O2. The van der Waals surface area contributed by atoms with E-state index in [0.717, 1.165) is 30.1 Å². The zero-order valence-electron chi connectivity index (χ0n) is 15.3. The van der Waals surface area contributed by atoms with E-state index >= 15 is 0 Å². The van der Waals surface area contributed by atoms with Crippen LogP contribution in [0.25, 0.3) is 0 Å². The summed E-state index contributed by atoms with van der Waals surface area (Å²) in [5, 5.41) is 4.65. The van der Waals surface area contributed by atoms with Gasteiger partial charge in [-0.1, -0.05) is 36.3 Å². The van der Waals surface area contributed by atoms with E-state index in [1.165, 1.54) is 24.0 Å². The van der Waals surface area contributed by atoms with Gasteiger partial charge in [-0.25, -0.2) is 0 Å². The van der Waals surface area contributed by atoms with E-state index in [0.29, 0.717) is 5.92 Å². The standard InChI is InChI=1S/C22H24N2O2/c1-15-18-7-3-4-8-19(18)22(24-13-5-6-14-24)20(23-26-21(15)22)16-9-11-17(25-2)12-10-16/h3-4,7-12,15,21H,5-6,13-14H2,1-2H3/t15-,21+,22-/m0/s1. The van der Waals surface area contributed by atoms with Crippen molar-refractivity contribution in [2.24, 2.45) is 5.16 Å². The predicted octanol–water partition coefficient (Wildman–Crippen LogP) is 3.91. The monoisotopic (exact) mass is 348 g/mol. The summed E-state index contributed by atoms with van der Waals surface area (Å²) < 4.78 is 5.34. The lowest BCUT2D eigenvalue weighted by molar-refractivity contribution is -0.00616. The molecule has 134 valence electrons. The van der Waals surface area contributed by atoms with Crippen LogP contribution in [0.5, 0.6) is 5.75 Å². The minimum Gasteiger partial charge on any atom is -0.497 e. The Morgan fingerprint density at radius 2 is 1.81 bits per heavy atom. The average Bonchev–Trinajstić information content (AvgIpc) is 3.39. The number of benzene rings is 2. The van der Waals surface area contributed by atoms with Crippen LogP contribution < -0.4 is 4.74 Å². The molecule has 0 saturated carbocycles. The second-order valence-corrected chi connectivity index (χ2v) is 7.53. The van der Waals surface area contributed by atoms with Gasteiger partial charge in [0.05, 0.1) is 7.11 Å². The van der Waals surface area contributed by atoms with Gasteiger partial charge in [0, 0.05) is 11.5 Å². The molecule has 0 radical (unpaired) electrons. The zero-order chi connectivity index (χ0) is 17.7. The maximum atomic E-state index is 6.13. The number of likely N-dealkylation sites (tertiary alicyclic amines) is 1. The van der Waals surface area contributed by atoms with Gasteiger partial charge >= 0.3 is 0 Å². The first-order chi connectivity index (χ1) is 12.8. The smallest absolute Gasteiger partial charge is 0.162 e. The Bertz CT molecular complexity index is 855. The number of oxime groups is 1. The van der Waals surface area contributed by atoms with Gasteiger partial charge in [0.1, 0.15) is 17.0 Å². The van der Waals surface area contributed by atoms with Crippen molar-refractivity contribution in [3.8, 4) is 5.75 Å². The van der Waals surface area contributed by atoms with E-state index in [2.05, 4.69) is 53.4 Å². The summed E-state index contributed by atoms with van der Waals surface area (Å²) in [7, 11) is 1.70. The molecule has 0 aromatic heterocycles. The first-order valence-corrected chi connectivity index (χ1v) is 9.50. The second kappa shape index (κ2) is 5.85. The fraction of sp³-hybridized carbons (Fsp3) is 0.409. The van der Waals surface area contributed by atoms with Crippen molar-refractivity contribution in [1.82, 2.24) is 4.90 Å². The lowest BCUT2D eigenvalue weighted by atomic mass is 9.80. The van der Waals surface area contributed by atoms with Gasteiger partial charge in [0.25, 0.3) is 0 Å². The molecule has 1 fully saturated rings. The normalized spacial score (nSPS) is 29.8. The summed E-state index contributed by atoms with van der Waals surface area (Å²) in [6, 6.07) is 17.0. The Morgan fingerprint density at radius 3 is 2.54 bits per heavy atom. The molecular weight excluding hydrogens is 324 g/mol. The Kier molecular flexibility index (Phi) is 3.57. The molecule has 1 saturated heterocycles. The molecule has 4 heteroatoms. The highest BCUT2D eigenvalue weighted by Gasteiger charge is 2.62. The maximum Gasteiger partial charge on any atom is 0.162 e. The average molecular weight is 348 g/mol. The number of rotatable bonds is 3. The summed E-state index contributed by atoms with van der Waals surface area (Å²) in [5.74, 6) is 1.19. The molecule has 2 aromatic carbocycles. The molecule has 5 rings (SSSR count). The zero-order valence-corrected chi connectivity index (χ0v) is 15.3. The van der Waals surface area contributed by atoms with Crippen LogP contribution in [0.4, 0.5) is 0 Å². The highest BCUT2D eigenvalue weighted by atomic mass is 16.6. The van der Waals surface area contributed by atoms with Crippen molar-refractivity contribution in [1.29, 1.82) is 0 Å². The first-order valence-electron chi connectivity index (χ1n) is 9.50. The lowest BCUT2D eigenvalue weighted by Gasteiger charge is -2.39. The van der Waals surface area contributed by atoms with Crippen molar-refractivity contribution >= 4 is 5.71 Å². The second-order valence-electron chi connectivity index (χ2n) is 7.53. The van der Waals surface area contributed by atoms with Crippen LogP contribution in [0.1, 0.15) is 42.4 Å². The third-order valence-electron chi connectivity index (χ3n) is 6.31. The number of ether oxygens (including phenoxy) is 1. The molecule has 0 N–H and O–H groups in total. The topological polar surface area (TPSA) is 34.1 Å². The largest absolute Gasteiger partial charge is 0.497 e. The molecule has 26 heavy (non-hydrogen) atoms. The first kappa shape index (κ1) is 15.9. The quantitative estimate of drug-likeness (QED) is 0.843. The molecule has 0 spiro atoms. The van der Waals surface area contributed by atoms with Crippen LogP contribution in [0.15, 0.2) is 53.7 Å². The third kappa shape index (κ3) is 1.96. The molecule has 0 unspecified atom stereocenters. The van der Waals surface area contributed by atoms with Crippen molar-refractivity contribution in [2.45, 2.75) is 37.3 Å². The summed E-state index contributed by atoms with van der Waals surface area (Å²) >= 11 is 0. The number of hydrogen-bond acceptors (Lipinski definition) is 4. The Morgan fingerprint density at radius 1 is 1.08 bits per heavy atom. The summed E-state index contributed by atoms with van der Waals surface area (Å²) in [6.45, 7) is 4.46. The summed E-state index contributed by atoms with van der Waals surface area (Å²) in [6.07, 6.45) is 2.51. The molecule has 3 aliphatic rings. The molecule has 2 aromatic rings. The van der Waals surface area contributed by atoms with Gasteiger partial charge in [-0.3, -0.25) is 4.90 Å². The summed E-state index contributed by atoms with van der Waals surface area (Å²) in [4.78, 5) is 8.73. The Hall–Kier alpha value is -2.33. The van der Waals surface area contributed by atoms with E-state index in [1.54, 1.807) is 7.11 Å². The van der Waals surface area contributed by atoms with Crippen LogP contribution in [-0.4, -0.2) is 36.9 Å². The predicted molar refractivity (Wildman–Crippen MR) is 102 cm³/mol.